The predicted molar refractivity (Wildman–Crippen MR) is 184 cm³/mol. The van der Waals surface area contributed by atoms with Gasteiger partial charge in [-0.1, -0.05) is 66.7 Å². The lowest BCUT2D eigenvalue weighted by atomic mass is 10.0. The number of ether oxygens (including phenoxy) is 3. The van der Waals surface area contributed by atoms with Crippen LogP contribution in [0, 0.1) is 0 Å². The summed E-state index contributed by atoms with van der Waals surface area (Å²) in [7, 11) is 1.29. The summed E-state index contributed by atoms with van der Waals surface area (Å²) in [6.07, 6.45) is -0.119. The minimum atomic E-state index is -0.853. The Hall–Kier alpha value is -4.68. The van der Waals surface area contributed by atoms with Gasteiger partial charge in [0.1, 0.15) is 6.04 Å². The zero-order valence-corrected chi connectivity index (χ0v) is 27.6. The highest BCUT2D eigenvalue weighted by Crippen LogP contribution is 2.39. The van der Waals surface area contributed by atoms with Gasteiger partial charge in [-0.15, -0.1) is 11.8 Å². The molecule has 3 amide bonds. The van der Waals surface area contributed by atoms with Crippen molar-refractivity contribution >= 4 is 41.0 Å². The third-order valence-electron chi connectivity index (χ3n) is 7.74. The molecule has 1 fully saturated rings. The first-order chi connectivity index (χ1) is 23.3. The molecule has 1 aliphatic heterocycles. The van der Waals surface area contributed by atoms with Gasteiger partial charge in [-0.2, -0.15) is 0 Å². The Bertz CT molecular complexity index is 1650. The molecule has 10 nitrogen and oxygen atoms in total. The summed E-state index contributed by atoms with van der Waals surface area (Å²) in [5, 5.41) is 17.8. The monoisotopic (exact) mass is 669 g/mol. The van der Waals surface area contributed by atoms with Crippen LogP contribution in [0.5, 0.6) is 0 Å². The maximum absolute atomic E-state index is 12.8. The molecule has 0 radical (unpaired) electrons. The molecule has 1 aliphatic rings. The number of carbonyl (C=O) groups is 3. The number of esters is 1. The molecule has 1 saturated heterocycles. The van der Waals surface area contributed by atoms with Gasteiger partial charge in [0.2, 0.25) is 5.91 Å². The fourth-order valence-electron chi connectivity index (χ4n) is 5.28. The smallest absolute Gasteiger partial charge is 0.328 e. The lowest BCUT2D eigenvalue weighted by molar-refractivity contribution is -0.245. The van der Waals surface area contributed by atoms with Crippen molar-refractivity contribution in [1.29, 1.82) is 0 Å². The van der Waals surface area contributed by atoms with Crippen LogP contribution in [0.3, 0.4) is 0 Å². The second-order valence-electron chi connectivity index (χ2n) is 11.4. The molecule has 4 atom stereocenters. The number of aliphatic hydroxyl groups is 1. The van der Waals surface area contributed by atoms with Crippen molar-refractivity contribution in [1.82, 2.24) is 5.32 Å². The van der Waals surface area contributed by atoms with Crippen LogP contribution in [0.4, 0.5) is 16.2 Å². The van der Waals surface area contributed by atoms with Crippen molar-refractivity contribution in [3.8, 4) is 0 Å². The summed E-state index contributed by atoms with van der Waals surface area (Å²) in [5.41, 5.74) is 4.75. The molecule has 4 aromatic carbocycles. The number of nitrogens with one attached hydrogen (secondary N) is 3. The van der Waals surface area contributed by atoms with Crippen LogP contribution in [0.1, 0.15) is 48.0 Å². The number of anilines is 2. The molecule has 4 unspecified atom stereocenters. The first kappa shape index (κ1) is 34.6. The molecule has 48 heavy (non-hydrogen) atoms. The summed E-state index contributed by atoms with van der Waals surface area (Å²) in [6.45, 7) is 1.44. The number of hydrogen-bond donors (Lipinski definition) is 4. The lowest BCUT2D eigenvalue weighted by Crippen LogP contribution is -2.45. The second kappa shape index (κ2) is 16.9. The van der Waals surface area contributed by atoms with E-state index in [4.69, 9.17) is 14.2 Å². The van der Waals surface area contributed by atoms with Gasteiger partial charge >= 0.3 is 12.0 Å². The molecule has 0 aliphatic carbocycles. The number of hydrogen-bond acceptors (Lipinski definition) is 8. The third kappa shape index (κ3) is 9.91. The van der Waals surface area contributed by atoms with Crippen molar-refractivity contribution in [2.24, 2.45) is 0 Å². The van der Waals surface area contributed by atoms with E-state index in [9.17, 15) is 19.5 Å². The maximum atomic E-state index is 12.8. The van der Waals surface area contributed by atoms with E-state index in [2.05, 4.69) is 16.0 Å². The van der Waals surface area contributed by atoms with Crippen molar-refractivity contribution in [3.05, 3.63) is 125 Å². The van der Waals surface area contributed by atoms with Gasteiger partial charge < -0.3 is 35.3 Å². The van der Waals surface area contributed by atoms with E-state index >= 15 is 0 Å². The number of benzene rings is 4. The van der Waals surface area contributed by atoms with Crippen LogP contribution in [-0.4, -0.2) is 48.0 Å². The summed E-state index contributed by atoms with van der Waals surface area (Å²) in [4.78, 5) is 37.6. The average molecular weight is 670 g/mol. The SMILES string of the molecule is COC(=O)C(Cc1ccccc1)NC(=O)Nc1ccc(C2OC(CSc3ccc(NC(C)=O)cc3)CC(c3ccc(CO)cc3)O2)cc1. The Morgan fingerprint density at radius 3 is 2.12 bits per heavy atom. The van der Waals surface area contributed by atoms with E-state index in [1.165, 1.54) is 14.0 Å². The summed E-state index contributed by atoms with van der Waals surface area (Å²) in [6, 6.07) is 30.6. The lowest BCUT2D eigenvalue weighted by Gasteiger charge is -2.36. The minimum Gasteiger partial charge on any atom is -0.467 e. The third-order valence-corrected chi connectivity index (χ3v) is 8.88. The number of amides is 3. The van der Waals surface area contributed by atoms with Crippen LogP contribution < -0.4 is 16.0 Å². The second-order valence-corrected chi connectivity index (χ2v) is 12.4. The Kier molecular flexibility index (Phi) is 12.2. The minimum absolute atomic E-state index is 0.0354. The molecule has 11 heteroatoms. The molecule has 0 spiro atoms. The predicted octanol–water partition coefficient (Wildman–Crippen LogP) is 6.38. The van der Waals surface area contributed by atoms with Crippen LogP contribution in [0.2, 0.25) is 0 Å². The number of aliphatic hydroxyl groups excluding tert-OH is 1. The van der Waals surface area contributed by atoms with E-state index in [1.807, 2.05) is 91.0 Å². The molecule has 250 valence electrons. The van der Waals surface area contributed by atoms with Crippen LogP contribution in [-0.2, 0) is 36.8 Å². The first-order valence-electron chi connectivity index (χ1n) is 15.6. The molecule has 4 aromatic rings. The van der Waals surface area contributed by atoms with Gasteiger partial charge in [-0.05, 0) is 53.1 Å². The van der Waals surface area contributed by atoms with Gasteiger partial charge in [0.25, 0.3) is 0 Å². The molecular formula is C37H39N3O7S. The van der Waals surface area contributed by atoms with Crippen molar-refractivity contribution in [2.45, 2.75) is 55.8 Å². The van der Waals surface area contributed by atoms with E-state index in [-0.39, 0.29) is 24.7 Å². The van der Waals surface area contributed by atoms with E-state index < -0.39 is 24.3 Å². The summed E-state index contributed by atoms with van der Waals surface area (Å²) < 4.78 is 17.8. The highest BCUT2D eigenvalue weighted by atomic mass is 32.2. The first-order valence-corrected chi connectivity index (χ1v) is 16.6. The zero-order chi connectivity index (χ0) is 33.9. The number of methoxy groups -OCH3 is 1. The van der Waals surface area contributed by atoms with Gasteiger partial charge in [0.05, 0.1) is 25.9 Å². The van der Waals surface area contributed by atoms with Gasteiger partial charge in [-0.25, -0.2) is 9.59 Å². The Balaban J connectivity index is 1.25. The van der Waals surface area contributed by atoms with E-state index in [1.54, 1.807) is 23.9 Å². The highest BCUT2D eigenvalue weighted by molar-refractivity contribution is 7.99. The topological polar surface area (TPSA) is 135 Å². The molecule has 5 rings (SSSR count). The number of urea groups is 1. The van der Waals surface area contributed by atoms with Gasteiger partial charge in [0, 0.05) is 47.4 Å². The van der Waals surface area contributed by atoms with Crippen molar-refractivity contribution in [3.63, 3.8) is 0 Å². The zero-order valence-electron chi connectivity index (χ0n) is 26.8. The standard InChI is InChI=1S/C37H39N3O7S/c1-24(42)38-29-16-18-32(19-17-29)48-23-31-21-34(27-10-8-26(22-41)9-11-27)47-36(46-31)28-12-14-30(15-13-28)39-37(44)40-33(35(43)45-2)20-25-6-4-3-5-7-25/h3-19,31,33-34,36,41H,20-23H2,1-2H3,(H,38,42)(H2,39,40,44). The van der Waals surface area contributed by atoms with Gasteiger partial charge in [-0.3, -0.25) is 4.79 Å². The van der Waals surface area contributed by atoms with Crippen molar-refractivity contribution in [2.75, 3.05) is 23.5 Å². The number of carbonyl (C=O) groups excluding carboxylic acids is 3. The number of rotatable bonds is 12. The Morgan fingerprint density at radius 1 is 0.833 bits per heavy atom. The van der Waals surface area contributed by atoms with Crippen LogP contribution in [0.15, 0.2) is 108 Å². The largest absolute Gasteiger partial charge is 0.467 e. The Morgan fingerprint density at radius 2 is 1.48 bits per heavy atom. The normalized spacial score (nSPS) is 17.9. The fraction of sp³-hybridized carbons (Fsp3) is 0.270. The number of thioether (sulfide) groups is 1. The van der Waals surface area contributed by atoms with Crippen molar-refractivity contribution < 1.29 is 33.7 Å². The van der Waals surface area contributed by atoms with E-state index in [0.29, 0.717) is 24.3 Å². The molecule has 0 aromatic heterocycles. The van der Waals surface area contributed by atoms with Gasteiger partial charge in [0.15, 0.2) is 6.29 Å². The molecule has 4 N–H and O–H groups in total. The summed E-state index contributed by atoms with van der Waals surface area (Å²) in [5.74, 6) is 0.0220. The van der Waals surface area contributed by atoms with Crippen LogP contribution >= 0.6 is 11.8 Å². The average Bonchev–Trinajstić information content (AvgIpc) is 3.11. The molecule has 0 bridgehead atoms. The molecule has 0 saturated carbocycles. The fourth-order valence-corrected chi connectivity index (χ4v) is 6.21. The maximum Gasteiger partial charge on any atom is 0.328 e. The summed E-state index contributed by atoms with van der Waals surface area (Å²) >= 11 is 1.66. The Labute approximate surface area is 284 Å². The van der Waals surface area contributed by atoms with E-state index in [0.717, 1.165) is 32.8 Å². The molecule has 1 heterocycles. The van der Waals surface area contributed by atoms with Crippen LogP contribution in [0.25, 0.3) is 0 Å². The molecular weight excluding hydrogens is 630 g/mol. The highest BCUT2D eigenvalue weighted by Gasteiger charge is 2.32. The quantitative estimate of drug-likeness (QED) is 0.101.